The molecule has 0 saturated heterocycles. The molecular weight excluding hydrogens is 298 g/mol. The van der Waals surface area contributed by atoms with Gasteiger partial charge in [-0.1, -0.05) is 13.8 Å². The fraction of sp³-hybridized carbons (Fsp3) is 1.00. The minimum atomic E-state index is -1.21. The van der Waals surface area contributed by atoms with Gasteiger partial charge in [0.05, 0.1) is 25.4 Å². The van der Waals surface area contributed by atoms with Crippen LogP contribution in [0.3, 0.4) is 0 Å². The van der Waals surface area contributed by atoms with Gasteiger partial charge in [-0.15, -0.1) is 0 Å². The van der Waals surface area contributed by atoms with Crippen LogP contribution in [0.1, 0.15) is 33.1 Å². The SMILES string of the molecule is CC.NC(CO)(CO)CO.NCCCN(CCCN)CCCN. The highest BCUT2D eigenvalue weighted by atomic mass is 16.3. The summed E-state index contributed by atoms with van der Waals surface area (Å²) < 4.78 is 0. The Bertz CT molecular complexity index is 180. The molecule has 8 heteroatoms. The molecule has 0 aliphatic heterocycles. The van der Waals surface area contributed by atoms with Crippen LogP contribution in [0.5, 0.6) is 0 Å². The molecule has 0 amide bonds. The molecule has 0 atom stereocenters. The lowest BCUT2D eigenvalue weighted by Crippen LogP contribution is -2.50. The largest absolute Gasteiger partial charge is 0.394 e. The lowest BCUT2D eigenvalue weighted by Gasteiger charge is -2.21. The lowest BCUT2D eigenvalue weighted by atomic mass is 10.1. The van der Waals surface area contributed by atoms with Gasteiger partial charge in [0.25, 0.3) is 0 Å². The van der Waals surface area contributed by atoms with Gasteiger partial charge in [-0.05, 0) is 58.5 Å². The average molecular weight is 340 g/mol. The van der Waals surface area contributed by atoms with Crippen LogP contribution < -0.4 is 22.9 Å². The van der Waals surface area contributed by atoms with E-state index in [1.54, 1.807) is 0 Å². The molecule has 0 aromatic rings. The van der Waals surface area contributed by atoms with Crippen LogP contribution in [0.15, 0.2) is 0 Å². The Balaban J connectivity index is -0.000000343. The van der Waals surface area contributed by atoms with Crippen molar-refractivity contribution in [3.8, 4) is 0 Å². The van der Waals surface area contributed by atoms with Crippen molar-refractivity contribution in [1.29, 1.82) is 0 Å². The smallest absolute Gasteiger partial charge is 0.0856 e. The van der Waals surface area contributed by atoms with Crippen molar-refractivity contribution in [2.75, 3.05) is 59.1 Å². The molecule has 0 fully saturated rings. The van der Waals surface area contributed by atoms with Gasteiger partial charge in [-0.25, -0.2) is 0 Å². The third-order valence-corrected chi connectivity index (χ3v) is 2.98. The first kappa shape index (κ1) is 27.5. The van der Waals surface area contributed by atoms with Crippen molar-refractivity contribution in [1.82, 2.24) is 4.90 Å². The van der Waals surface area contributed by atoms with Gasteiger partial charge in [0.1, 0.15) is 0 Å². The second-order valence-electron chi connectivity index (χ2n) is 5.11. The molecule has 0 heterocycles. The zero-order valence-corrected chi connectivity index (χ0v) is 15.1. The summed E-state index contributed by atoms with van der Waals surface area (Å²) in [5.74, 6) is 0. The zero-order chi connectivity index (χ0) is 18.6. The number of hydrogen-bond donors (Lipinski definition) is 7. The molecule has 0 rings (SSSR count). The van der Waals surface area contributed by atoms with Crippen molar-refractivity contribution in [3.05, 3.63) is 0 Å². The molecule has 0 unspecified atom stereocenters. The molecule has 0 aromatic carbocycles. The molecule has 144 valence electrons. The third kappa shape index (κ3) is 19.6. The quantitative estimate of drug-likeness (QED) is 0.215. The lowest BCUT2D eigenvalue weighted by molar-refractivity contribution is 0.0698. The van der Waals surface area contributed by atoms with E-state index in [-0.39, 0.29) is 0 Å². The topological polar surface area (TPSA) is 168 Å². The number of aliphatic hydroxyl groups excluding tert-OH is 3. The summed E-state index contributed by atoms with van der Waals surface area (Å²) in [5, 5.41) is 25.0. The maximum Gasteiger partial charge on any atom is 0.0856 e. The minimum absolute atomic E-state index is 0.403. The Morgan fingerprint density at radius 3 is 1.09 bits per heavy atom. The monoisotopic (exact) mass is 339 g/mol. The summed E-state index contributed by atoms with van der Waals surface area (Å²) in [7, 11) is 0. The Kier molecular flexibility index (Phi) is 25.9. The van der Waals surface area contributed by atoms with Gasteiger partial charge in [-0.2, -0.15) is 0 Å². The van der Waals surface area contributed by atoms with Crippen LogP contribution in [0.25, 0.3) is 0 Å². The van der Waals surface area contributed by atoms with E-state index < -0.39 is 25.4 Å². The molecule has 0 spiro atoms. The van der Waals surface area contributed by atoms with Crippen LogP contribution in [-0.4, -0.2) is 84.8 Å². The predicted molar refractivity (Wildman–Crippen MR) is 97.0 cm³/mol. The summed E-state index contributed by atoms with van der Waals surface area (Å²) in [6.07, 6.45) is 3.19. The summed E-state index contributed by atoms with van der Waals surface area (Å²) in [4.78, 5) is 2.40. The van der Waals surface area contributed by atoms with E-state index in [1.807, 2.05) is 13.8 Å². The third-order valence-electron chi connectivity index (χ3n) is 2.98. The molecule has 23 heavy (non-hydrogen) atoms. The van der Waals surface area contributed by atoms with E-state index in [2.05, 4.69) is 4.90 Å². The van der Waals surface area contributed by atoms with E-state index >= 15 is 0 Å². The molecule has 0 bridgehead atoms. The van der Waals surface area contributed by atoms with Crippen LogP contribution in [-0.2, 0) is 0 Å². The van der Waals surface area contributed by atoms with Gasteiger partial charge in [0, 0.05) is 0 Å². The Morgan fingerprint density at radius 1 is 0.696 bits per heavy atom. The molecular formula is C15H41N5O3. The van der Waals surface area contributed by atoms with Gasteiger partial charge in [-0.3, -0.25) is 0 Å². The second-order valence-corrected chi connectivity index (χ2v) is 5.11. The summed E-state index contributed by atoms with van der Waals surface area (Å²) >= 11 is 0. The molecule has 0 radical (unpaired) electrons. The van der Waals surface area contributed by atoms with E-state index in [9.17, 15) is 0 Å². The van der Waals surface area contributed by atoms with Crippen molar-refractivity contribution in [2.45, 2.75) is 38.6 Å². The molecule has 0 aliphatic carbocycles. The van der Waals surface area contributed by atoms with Gasteiger partial charge >= 0.3 is 0 Å². The van der Waals surface area contributed by atoms with Gasteiger partial charge in [0.2, 0.25) is 0 Å². The first-order valence-corrected chi connectivity index (χ1v) is 8.47. The van der Waals surface area contributed by atoms with Crippen LogP contribution in [0.4, 0.5) is 0 Å². The van der Waals surface area contributed by atoms with Crippen molar-refractivity contribution >= 4 is 0 Å². The summed E-state index contributed by atoms with van der Waals surface area (Å²) in [6.45, 7) is 8.33. The highest BCUT2D eigenvalue weighted by Crippen LogP contribution is 1.95. The van der Waals surface area contributed by atoms with E-state index in [4.69, 9.17) is 38.3 Å². The van der Waals surface area contributed by atoms with Crippen molar-refractivity contribution < 1.29 is 15.3 Å². The number of nitrogens with zero attached hydrogens (tertiary/aromatic N) is 1. The Morgan fingerprint density at radius 2 is 0.957 bits per heavy atom. The number of rotatable bonds is 12. The maximum absolute atomic E-state index is 8.34. The fourth-order valence-corrected chi connectivity index (χ4v) is 1.43. The highest BCUT2D eigenvalue weighted by Gasteiger charge is 2.20. The average Bonchev–Trinajstić information content (AvgIpc) is 2.62. The van der Waals surface area contributed by atoms with Crippen LogP contribution in [0, 0.1) is 0 Å². The normalized spacial score (nSPS) is 10.7. The second kappa shape index (κ2) is 21.7. The molecule has 0 saturated carbocycles. The number of nitrogens with two attached hydrogens (primary N) is 4. The van der Waals surface area contributed by atoms with Crippen LogP contribution >= 0.6 is 0 Å². The van der Waals surface area contributed by atoms with E-state index in [0.717, 1.165) is 58.5 Å². The summed E-state index contributed by atoms with van der Waals surface area (Å²) in [5.41, 5.74) is 20.3. The van der Waals surface area contributed by atoms with E-state index in [0.29, 0.717) is 0 Å². The van der Waals surface area contributed by atoms with Gasteiger partial charge in [0.15, 0.2) is 0 Å². The maximum atomic E-state index is 8.34. The predicted octanol–water partition coefficient (Wildman–Crippen LogP) is -1.98. The number of hydrogen-bond acceptors (Lipinski definition) is 8. The van der Waals surface area contributed by atoms with Gasteiger partial charge < -0.3 is 43.2 Å². The standard InChI is InChI=1S/C9H24N4.C4H11NO3.C2H6/c10-4-1-7-13(8-2-5-11)9-3-6-12;5-4(1-6,2-7)3-8;1-2/h1-12H2;6-8H,1-3,5H2;1-2H3. The molecule has 11 N–H and O–H groups in total. The Labute approximate surface area is 141 Å². The molecule has 0 aromatic heterocycles. The number of aliphatic hydroxyl groups is 3. The Hall–Kier alpha value is -0.320. The summed E-state index contributed by atoms with van der Waals surface area (Å²) in [6, 6.07) is 0. The minimum Gasteiger partial charge on any atom is -0.394 e. The van der Waals surface area contributed by atoms with Crippen molar-refractivity contribution in [3.63, 3.8) is 0 Å². The first-order valence-electron chi connectivity index (χ1n) is 8.47. The van der Waals surface area contributed by atoms with Crippen LogP contribution in [0.2, 0.25) is 0 Å². The van der Waals surface area contributed by atoms with Crippen molar-refractivity contribution in [2.24, 2.45) is 22.9 Å². The fourth-order valence-electron chi connectivity index (χ4n) is 1.43. The highest BCUT2D eigenvalue weighted by molar-refractivity contribution is 4.80. The first-order chi connectivity index (χ1) is 11.0. The molecule has 8 nitrogen and oxygen atoms in total. The molecule has 0 aliphatic rings. The zero-order valence-electron chi connectivity index (χ0n) is 15.1. The van der Waals surface area contributed by atoms with E-state index in [1.165, 1.54) is 0 Å².